The van der Waals surface area contributed by atoms with Gasteiger partial charge in [-0.05, 0) is 18.7 Å². The summed E-state index contributed by atoms with van der Waals surface area (Å²) in [5.41, 5.74) is 1.05. The van der Waals surface area contributed by atoms with E-state index in [4.69, 9.17) is 11.6 Å². The van der Waals surface area contributed by atoms with Gasteiger partial charge in [-0.2, -0.15) is 0 Å². The Morgan fingerprint density at radius 1 is 1.46 bits per heavy atom. The SMILES string of the molecule is CN(CC=O)Cc1ccccc1Cl. The Kier molecular flexibility index (Phi) is 3.93. The molecule has 0 aromatic heterocycles. The first-order valence-electron chi connectivity index (χ1n) is 4.09. The first-order chi connectivity index (χ1) is 6.24. The molecular formula is C10H12ClNO. The molecule has 70 valence electrons. The lowest BCUT2D eigenvalue weighted by Crippen LogP contribution is -2.19. The average molecular weight is 198 g/mol. The summed E-state index contributed by atoms with van der Waals surface area (Å²) in [6, 6.07) is 7.65. The zero-order chi connectivity index (χ0) is 9.68. The van der Waals surface area contributed by atoms with Gasteiger partial charge in [0, 0.05) is 11.6 Å². The van der Waals surface area contributed by atoms with E-state index in [0.717, 1.165) is 16.9 Å². The predicted octanol–water partition coefficient (Wildman–Crippen LogP) is 1.97. The van der Waals surface area contributed by atoms with Gasteiger partial charge in [0.25, 0.3) is 0 Å². The van der Waals surface area contributed by atoms with Crippen molar-refractivity contribution in [2.75, 3.05) is 13.6 Å². The maximum Gasteiger partial charge on any atom is 0.133 e. The lowest BCUT2D eigenvalue weighted by Gasteiger charge is -2.13. The van der Waals surface area contributed by atoms with Crippen molar-refractivity contribution in [2.45, 2.75) is 6.54 Å². The Labute approximate surface area is 83.1 Å². The van der Waals surface area contributed by atoms with Crippen molar-refractivity contribution in [2.24, 2.45) is 0 Å². The molecule has 3 heteroatoms. The van der Waals surface area contributed by atoms with Gasteiger partial charge in [-0.15, -0.1) is 0 Å². The van der Waals surface area contributed by atoms with E-state index in [0.29, 0.717) is 13.1 Å². The summed E-state index contributed by atoms with van der Waals surface area (Å²) in [6.07, 6.45) is 0.886. The molecule has 0 aliphatic heterocycles. The Morgan fingerprint density at radius 3 is 2.77 bits per heavy atom. The standard InChI is InChI=1S/C10H12ClNO/c1-12(6-7-13)8-9-4-2-3-5-10(9)11/h2-5,7H,6,8H2,1H3. The number of nitrogens with zero attached hydrogens (tertiary/aromatic N) is 1. The highest BCUT2D eigenvalue weighted by Gasteiger charge is 2.02. The highest BCUT2D eigenvalue weighted by Crippen LogP contribution is 2.15. The van der Waals surface area contributed by atoms with Crippen molar-refractivity contribution in [3.05, 3.63) is 34.9 Å². The smallest absolute Gasteiger partial charge is 0.133 e. The summed E-state index contributed by atoms with van der Waals surface area (Å²) in [6.45, 7) is 1.14. The number of aldehydes is 1. The third-order valence-corrected chi connectivity index (χ3v) is 2.15. The Morgan fingerprint density at radius 2 is 2.15 bits per heavy atom. The van der Waals surface area contributed by atoms with Crippen LogP contribution in [0.25, 0.3) is 0 Å². The summed E-state index contributed by atoms with van der Waals surface area (Å²) in [7, 11) is 1.89. The summed E-state index contributed by atoms with van der Waals surface area (Å²) < 4.78 is 0. The Hall–Kier alpha value is -0.860. The molecule has 0 aliphatic rings. The number of halogens is 1. The molecule has 1 aromatic carbocycles. The Balaban J connectivity index is 2.63. The fourth-order valence-electron chi connectivity index (χ4n) is 1.11. The molecule has 0 spiro atoms. The van der Waals surface area contributed by atoms with Crippen LogP contribution in [0.3, 0.4) is 0 Å². The number of likely N-dealkylation sites (N-methyl/N-ethyl adjacent to an activating group) is 1. The van der Waals surface area contributed by atoms with Crippen molar-refractivity contribution in [1.82, 2.24) is 4.90 Å². The second kappa shape index (κ2) is 5.00. The van der Waals surface area contributed by atoms with Crippen LogP contribution in [0.15, 0.2) is 24.3 Å². The first-order valence-corrected chi connectivity index (χ1v) is 4.47. The molecule has 1 aromatic rings. The molecule has 0 N–H and O–H groups in total. The molecule has 0 fully saturated rings. The third-order valence-electron chi connectivity index (χ3n) is 1.78. The van der Waals surface area contributed by atoms with E-state index in [1.807, 2.05) is 36.2 Å². The van der Waals surface area contributed by atoms with E-state index in [1.165, 1.54) is 0 Å². The second-order valence-corrected chi connectivity index (χ2v) is 3.36. The number of benzene rings is 1. The minimum absolute atomic E-state index is 0.436. The summed E-state index contributed by atoms with van der Waals surface area (Å²) in [4.78, 5) is 12.1. The van der Waals surface area contributed by atoms with E-state index in [9.17, 15) is 4.79 Å². The number of hydrogen-bond donors (Lipinski definition) is 0. The fourth-order valence-corrected chi connectivity index (χ4v) is 1.30. The molecule has 0 radical (unpaired) electrons. The van der Waals surface area contributed by atoms with Crippen LogP contribution >= 0.6 is 11.6 Å². The van der Waals surface area contributed by atoms with Crippen LogP contribution in [-0.4, -0.2) is 24.8 Å². The van der Waals surface area contributed by atoms with E-state index >= 15 is 0 Å². The minimum atomic E-state index is 0.436. The molecule has 0 amide bonds. The maximum absolute atomic E-state index is 10.2. The van der Waals surface area contributed by atoms with Crippen LogP contribution in [0.5, 0.6) is 0 Å². The molecule has 0 aliphatic carbocycles. The summed E-state index contributed by atoms with van der Waals surface area (Å²) >= 11 is 5.95. The van der Waals surface area contributed by atoms with Gasteiger partial charge in [0.15, 0.2) is 0 Å². The van der Waals surface area contributed by atoms with Gasteiger partial charge >= 0.3 is 0 Å². The number of carbonyl (C=O) groups is 1. The highest BCUT2D eigenvalue weighted by molar-refractivity contribution is 6.31. The van der Waals surface area contributed by atoms with Crippen molar-refractivity contribution in [1.29, 1.82) is 0 Å². The zero-order valence-electron chi connectivity index (χ0n) is 7.53. The van der Waals surface area contributed by atoms with Crippen molar-refractivity contribution in [3.63, 3.8) is 0 Å². The van der Waals surface area contributed by atoms with Gasteiger partial charge in [0.05, 0.1) is 6.54 Å². The molecule has 0 unspecified atom stereocenters. The van der Waals surface area contributed by atoms with Crippen molar-refractivity contribution < 1.29 is 4.79 Å². The molecule has 0 saturated heterocycles. The number of hydrogen-bond acceptors (Lipinski definition) is 2. The molecule has 13 heavy (non-hydrogen) atoms. The molecule has 1 rings (SSSR count). The lowest BCUT2D eigenvalue weighted by atomic mass is 10.2. The summed E-state index contributed by atoms with van der Waals surface area (Å²) in [5.74, 6) is 0. The normalized spacial score (nSPS) is 10.4. The largest absolute Gasteiger partial charge is 0.302 e. The van der Waals surface area contributed by atoms with Crippen LogP contribution in [0.4, 0.5) is 0 Å². The topological polar surface area (TPSA) is 20.3 Å². The van der Waals surface area contributed by atoms with Crippen LogP contribution in [0.1, 0.15) is 5.56 Å². The quantitative estimate of drug-likeness (QED) is 0.688. The van der Waals surface area contributed by atoms with E-state index < -0.39 is 0 Å². The van der Waals surface area contributed by atoms with Crippen molar-refractivity contribution >= 4 is 17.9 Å². The van der Waals surface area contributed by atoms with E-state index in [1.54, 1.807) is 0 Å². The lowest BCUT2D eigenvalue weighted by molar-refractivity contribution is -0.108. The average Bonchev–Trinajstić information content (AvgIpc) is 2.09. The van der Waals surface area contributed by atoms with Gasteiger partial charge < -0.3 is 4.79 Å². The predicted molar refractivity (Wildman–Crippen MR) is 53.9 cm³/mol. The van der Waals surface area contributed by atoms with E-state index in [2.05, 4.69) is 0 Å². The van der Waals surface area contributed by atoms with Crippen LogP contribution in [0.2, 0.25) is 5.02 Å². The van der Waals surface area contributed by atoms with E-state index in [-0.39, 0.29) is 0 Å². The number of rotatable bonds is 4. The highest BCUT2D eigenvalue weighted by atomic mass is 35.5. The molecule has 0 saturated carbocycles. The van der Waals surface area contributed by atoms with Crippen LogP contribution < -0.4 is 0 Å². The van der Waals surface area contributed by atoms with Gasteiger partial charge in [0.2, 0.25) is 0 Å². The van der Waals surface area contributed by atoms with Crippen molar-refractivity contribution in [3.8, 4) is 0 Å². The van der Waals surface area contributed by atoms with Gasteiger partial charge in [0.1, 0.15) is 6.29 Å². The minimum Gasteiger partial charge on any atom is -0.302 e. The summed E-state index contributed by atoms with van der Waals surface area (Å²) in [5, 5.41) is 0.750. The fraction of sp³-hybridized carbons (Fsp3) is 0.300. The second-order valence-electron chi connectivity index (χ2n) is 2.95. The maximum atomic E-state index is 10.2. The van der Waals surface area contributed by atoms with Gasteiger partial charge in [-0.25, -0.2) is 0 Å². The Bertz CT molecular complexity index is 288. The first kappa shape index (κ1) is 10.2. The number of carbonyl (C=O) groups excluding carboxylic acids is 1. The molecule has 0 heterocycles. The third kappa shape index (κ3) is 3.17. The molecule has 0 atom stereocenters. The monoisotopic (exact) mass is 197 g/mol. The molecule has 2 nitrogen and oxygen atoms in total. The van der Waals surface area contributed by atoms with Crippen LogP contribution in [0, 0.1) is 0 Å². The zero-order valence-corrected chi connectivity index (χ0v) is 8.29. The van der Waals surface area contributed by atoms with Crippen LogP contribution in [-0.2, 0) is 11.3 Å². The van der Waals surface area contributed by atoms with Gasteiger partial charge in [-0.1, -0.05) is 29.8 Å². The molecule has 0 bridgehead atoms. The van der Waals surface area contributed by atoms with Gasteiger partial charge in [-0.3, -0.25) is 4.90 Å². The molecular weight excluding hydrogens is 186 g/mol.